The highest BCUT2D eigenvalue weighted by molar-refractivity contribution is 7.91. The second-order valence-corrected chi connectivity index (χ2v) is 32.3. The van der Waals surface area contributed by atoms with Gasteiger partial charge in [-0.1, -0.05) is 116 Å². The molecule has 1 aromatic carbocycles. The summed E-state index contributed by atoms with van der Waals surface area (Å²) >= 11 is 0. The quantitative estimate of drug-likeness (QED) is 0.0262. The molecule has 92 heavy (non-hydrogen) atoms. The number of aryl methyl sites for hydroxylation is 1. The van der Waals surface area contributed by atoms with E-state index in [2.05, 4.69) is 119 Å². The molecule has 4 heterocycles. The number of carboxylic acids is 1. The zero-order valence-electron chi connectivity index (χ0n) is 56.9. The van der Waals surface area contributed by atoms with E-state index in [1.165, 1.54) is 12.1 Å². The van der Waals surface area contributed by atoms with Crippen LogP contribution in [-0.2, 0) is 43.2 Å². The number of sulfone groups is 1. The lowest BCUT2D eigenvalue weighted by atomic mass is 9.59. The van der Waals surface area contributed by atoms with E-state index in [4.69, 9.17) is 29.2 Å². The number of aromatic nitrogens is 3. The first-order chi connectivity index (χ1) is 42.8. The molecule has 0 bridgehead atoms. The van der Waals surface area contributed by atoms with Crippen molar-refractivity contribution in [2.45, 2.75) is 192 Å². The smallest absolute Gasteiger partial charge is 0.342 e. The first kappa shape index (κ1) is 71.9. The number of hydrogen-bond donors (Lipinski definition) is 4. The predicted molar refractivity (Wildman–Crippen MR) is 359 cm³/mol. The number of ether oxygens (including phenoxy) is 3. The molecular weight excluding hydrogens is 1180 g/mol. The SMILES string of the molecule is C=C(C)C(=O)OCCCCC(=O)NC1=NC(=Cc2[nH]c(NC(=O)CCCCS(=O)(=O)c3cc(C)cc(C(=O)O)c3)c(C(=O)OC3C(C(C)(C)C)CC(C)CC3C(C)(C)C)c2-c2ccccn2)C(c2ccccn2)=C1C(=O)OC1C(C(C)(C)C)CC(C)CC1C(C)(C)C. The number of carbonyl (C=O) groups is 6. The van der Waals surface area contributed by atoms with Gasteiger partial charge in [0.05, 0.1) is 45.6 Å². The van der Waals surface area contributed by atoms with Gasteiger partial charge < -0.3 is 34.9 Å². The average molecular weight is 1280 g/mol. The maximum Gasteiger partial charge on any atom is 0.342 e. The number of H-pyrrole nitrogens is 1. The van der Waals surface area contributed by atoms with Crippen LogP contribution >= 0.6 is 0 Å². The van der Waals surface area contributed by atoms with E-state index in [-0.39, 0.29) is 145 Å². The highest BCUT2D eigenvalue weighted by Crippen LogP contribution is 2.52. The van der Waals surface area contributed by atoms with Crippen molar-refractivity contribution in [2.24, 2.45) is 62.2 Å². The summed E-state index contributed by atoms with van der Waals surface area (Å²) in [5.74, 6) is -4.32. The van der Waals surface area contributed by atoms with Crippen molar-refractivity contribution >= 4 is 68.8 Å². The third kappa shape index (κ3) is 18.0. The summed E-state index contributed by atoms with van der Waals surface area (Å²) in [6.07, 6.45) is 7.55. The highest BCUT2D eigenvalue weighted by Gasteiger charge is 2.51. The number of amidine groups is 1. The number of pyridine rings is 2. The lowest BCUT2D eigenvalue weighted by molar-refractivity contribution is -0.164. The number of benzene rings is 1. The largest absolute Gasteiger partial charge is 0.478 e. The summed E-state index contributed by atoms with van der Waals surface area (Å²) in [7, 11) is -3.95. The third-order valence-electron chi connectivity index (χ3n) is 18.3. The average Bonchev–Trinajstić information content (AvgIpc) is 1.53. The maximum atomic E-state index is 15.8. The van der Waals surface area contributed by atoms with Gasteiger partial charge in [0.1, 0.15) is 35.0 Å². The van der Waals surface area contributed by atoms with Crippen LogP contribution in [0.3, 0.4) is 0 Å². The molecule has 0 saturated heterocycles. The number of carbonyl (C=O) groups excluding carboxylic acids is 5. The molecule has 2 amide bonds. The Morgan fingerprint density at radius 1 is 0.685 bits per heavy atom. The zero-order valence-corrected chi connectivity index (χ0v) is 57.7. The highest BCUT2D eigenvalue weighted by atomic mass is 32.2. The fourth-order valence-corrected chi connectivity index (χ4v) is 14.9. The fourth-order valence-electron chi connectivity index (χ4n) is 13.4. The van der Waals surface area contributed by atoms with Gasteiger partial charge in [0.25, 0.3) is 0 Å². The number of amides is 2. The molecule has 18 nitrogen and oxygen atoms in total. The Morgan fingerprint density at radius 2 is 1.18 bits per heavy atom. The van der Waals surface area contributed by atoms with Crippen LogP contribution in [0.25, 0.3) is 22.9 Å². The Kier molecular flexibility index (Phi) is 22.8. The van der Waals surface area contributed by atoms with Gasteiger partial charge in [-0.15, -0.1) is 0 Å². The topological polar surface area (TPSA) is 262 Å². The summed E-state index contributed by atoms with van der Waals surface area (Å²) in [4.78, 5) is 102. The minimum Gasteiger partial charge on any atom is -0.478 e. The minimum atomic E-state index is -3.95. The number of anilines is 1. The molecule has 3 aromatic heterocycles. The number of nitrogens with one attached hydrogen (secondary N) is 3. The van der Waals surface area contributed by atoms with Gasteiger partial charge in [-0.25, -0.2) is 32.6 Å². The molecule has 4 N–H and O–H groups in total. The van der Waals surface area contributed by atoms with E-state index < -0.39 is 57.7 Å². The van der Waals surface area contributed by atoms with E-state index in [1.54, 1.807) is 68.7 Å². The van der Waals surface area contributed by atoms with Crippen molar-refractivity contribution in [2.75, 3.05) is 17.7 Å². The number of nitrogens with zero attached hydrogens (tertiary/aromatic N) is 3. The normalized spacial score (nSPS) is 21.9. The summed E-state index contributed by atoms with van der Waals surface area (Å²) in [5, 5.41) is 15.6. The van der Waals surface area contributed by atoms with E-state index in [0.717, 1.165) is 31.7 Å². The van der Waals surface area contributed by atoms with E-state index in [0.29, 0.717) is 41.6 Å². The van der Waals surface area contributed by atoms with E-state index in [9.17, 15) is 32.7 Å². The number of aromatic carboxylic acids is 1. The van der Waals surface area contributed by atoms with E-state index in [1.807, 2.05) is 0 Å². The second-order valence-electron chi connectivity index (χ2n) is 30.2. The van der Waals surface area contributed by atoms with Gasteiger partial charge in [0.2, 0.25) is 11.8 Å². The van der Waals surface area contributed by atoms with Crippen LogP contribution in [0.5, 0.6) is 0 Å². The molecule has 4 unspecified atom stereocenters. The monoisotopic (exact) mass is 1280 g/mol. The Labute approximate surface area is 544 Å². The number of carboxylic acid groups (broad SMARTS) is 1. The molecular formula is C73H98N6O12S. The maximum absolute atomic E-state index is 15.8. The first-order valence-electron chi connectivity index (χ1n) is 32.4. The number of aliphatic imine (C=N–C) groups is 1. The van der Waals surface area contributed by atoms with Crippen LogP contribution in [0.15, 0.2) is 100 Å². The third-order valence-corrected chi connectivity index (χ3v) is 20.1. The summed E-state index contributed by atoms with van der Waals surface area (Å²) < 4.78 is 46.3. The van der Waals surface area contributed by atoms with Crippen molar-refractivity contribution in [3.8, 4) is 11.3 Å². The molecule has 2 fully saturated rings. The molecule has 4 atom stereocenters. The summed E-state index contributed by atoms with van der Waals surface area (Å²) in [6, 6.07) is 14.4. The van der Waals surface area contributed by atoms with Crippen molar-refractivity contribution in [3.63, 3.8) is 0 Å². The van der Waals surface area contributed by atoms with Crippen LogP contribution in [0.2, 0.25) is 0 Å². The Hall–Kier alpha value is -7.54. The lowest BCUT2D eigenvalue weighted by Crippen LogP contribution is -2.50. The minimum absolute atomic E-state index is 0.0279. The molecule has 2 saturated carbocycles. The van der Waals surface area contributed by atoms with Crippen LogP contribution in [0.4, 0.5) is 5.82 Å². The number of rotatable bonds is 21. The molecule has 7 rings (SSSR count). The van der Waals surface area contributed by atoms with Crippen LogP contribution < -0.4 is 10.6 Å². The van der Waals surface area contributed by atoms with Crippen molar-refractivity contribution in [1.29, 1.82) is 0 Å². The van der Waals surface area contributed by atoms with Crippen molar-refractivity contribution < 1.29 is 56.5 Å². The molecule has 1 aliphatic heterocycles. The molecule has 0 spiro atoms. The summed E-state index contributed by atoms with van der Waals surface area (Å²) in [5.41, 5.74) is 0.779. The molecule has 2 aliphatic carbocycles. The molecule has 0 radical (unpaired) electrons. The zero-order chi connectivity index (χ0) is 68.0. The van der Waals surface area contributed by atoms with Crippen LogP contribution in [0, 0.1) is 64.1 Å². The number of allylic oxidation sites excluding steroid dienone is 1. The number of unbranched alkanes of at least 4 members (excludes halogenated alkanes) is 2. The first-order valence-corrected chi connectivity index (χ1v) is 34.1. The molecule has 4 aromatic rings. The Bertz CT molecular complexity index is 3560. The van der Waals surface area contributed by atoms with Gasteiger partial charge in [-0.2, -0.15) is 0 Å². The standard InChI is InChI=1S/C73H98N6O12S/c1-42(2)67(84)89-32-24-20-28-56(80)78-64-60(68(85)90-62-48(70(6,7)8)36-44(4)37-49(62)71(9,10)11)58(52-26-18-22-30-74-52)54(76-64)41-55-59(53-27-19-23-31-75-53)61(69(86)91-63-50(72(12,13)14)38-45(5)39-51(63)73(15,16)17)65(77-55)79-57(81)29-21-25-33-92(87,88)47-35-43(3)34-46(40-47)66(82)83/h18-19,22-23,26-27,30-31,34-35,40-41,44-45,48-51,62-63,77H,1,20-21,24-25,28-29,32-33,36-39H2,2-17H3,(H,79,81)(H,82,83)(H,76,78,80). The second kappa shape index (κ2) is 29.2. The Balaban J connectivity index is 1.41. The molecule has 498 valence electrons. The van der Waals surface area contributed by atoms with Gasteiger partial charge >= 0.3 is 23.9 Å². The molecule has 3 aliphatic rings. The van der Waals surface area contributed by atoms with Gasteiger partial charge in [-0.05, 0) is 153 Å². The van der Waals surface area contributed by atoms with Gasteiger partial charge in [0, 0.05) is 65.6 Å². The van der Waals surface area contributed by atoms with Crippen LogP contribution in [-0.4, -0.2) is 94.6 Å². The number of hydrogen-bond acceptors (Lipinski definition) is 14. The summed E-state index contributed by atoms with van der Waals surface area (Å²) in [6.45, 7) is 37.3. The fraction of sp³-hybridized carbons (Fsp3) is 0.548. The Morgan fingerprint density at radius 3 is 1.67 bits per heavy atom. The number of aromatic amines is 1. The molecule has 19 heteroatoms. The van der Waals surface area contributed by atoms with Gasteiger partial charge in [0.15, 0.2) is 9.84 Å². The predicted octanol–water partition coefficient (Wildman–Crippen LogP) is 14.6. The lowest BCUT2D eigenvalue weighted by Gasteiger charge is -2.50. The van der Waals surface area contributed by atoms with E-state index >= 15 is 9.59 Å². The number of esters is 3. The van der Waals surface area contributed by atoms with Crippen LogP contribution in [0.1, 0.15) is 206 Å². The van der Waals surface area contributed by atoms with Crippen molar-refractivity contribution in [1.82, 2.24) is 20.3 Å². The van der Waals surface area contributed by atoms with Gasteiger partial charge in [-0.3, -0.25) is 19.6 Å². The van der Waals surface area contributed by atoms with Crippen molar-refractivity contribution in [3.05, 3.63) is 118 Å².